The minimum Gasteiger partial charge on any atom is -0.338 e. The Bertz CT molecular complexity index is 512. The molecule has 1 fully saturated rings. The lowest BCUT2D eigenvalue weighted by molar-refractivity contribution is 0.0635. The number of carbonyl (C=O) groups excluding carboxylic acids is 1. The topological polar surface area (TPSA) is 46.3 Å². The lowest BCUT2D eigenvalue weighted by Crippen LogP contribution is -2.41. The number of amides is 1. The standard InChI is InChI=1S/C15H20N2OS/c1-15(2)6-9-17(10-7-15)14(18)13-12(4-3-8-16)5-11-19-13/h5,11H,6-10,16H2,1-2H3. The van der Waals surface area contributed by atoms with E-state index in [4.69, 9.17) is 5.73 Å². The van der Waals surface area contributed by atoms with Crippen LogP contribution in [0.1, 0.15) is 41.9 Å². The summed E-state index contributed by atoms with van der Waals surface area (Å²) in [6, 6.07) is 1.90. The Morgan fingerprint density at radius 2 is 2.16 bits per heavy atom. The Morgan fingerprint density at radius 3 is 2.79 bits per heavy atom. The third-order valence-electron chi connectivity index (χ3n) is 3.59. The van der Waals surface area contributed by atoms with Crippen LogP contribution in [0.15, 0.2) is 11.4 Å². The predicted octanol–water partition coefficient (Wildman–Crippen LogP) is 2.32. The second-order valence-corrected chi connectivity index (χ2v) is 6.54. The first kappa shape index (κ1) is 14.1. The number of rotatable bonds is 1. The summed E-state index contributed by atoms with van der Waals surface area (Å²) in [5, 5.41) is 1.92. The van der Waals surface area contributed by atoms with Gasteiger partial charge < -0.3 is 10.6 Å². The van der Waals surface area contributed by atoms with Gasteiger partial charge in [-0.05, 0) is 29.7 Å². The summed E-state index contributed by atoms with van der Waals surface area (Å²) in [5.74, 6) is 5.91. The van der Waals surface area contributed by atoms with E-state index in [1.165, 1.54) is 11.3 Å². The maximum atomic E-state index is 12.5. The van der Waals surface area contributed by atoms with Crippen molar-refractivity contribution in [2.24, 2.45) is 11.1 Å². The Balaban J connectivity index is 2.11. The van der Waals surface area contributed by atoms with E-state index in [1.807, 2.05) is 16.3 Å². The van der Waals surface area contributed by atoms with Crippen LogP contribution < -0.4 is 5.73 Å². The fourth-order valence-corrected chi connectivity index (χ4v) is 2.99. The lowest BCUT2D eigenvalue weighted by atomic mass is 9.82. The Kier molecular flexibility index (Phi) is 4.28. The highest BCUT2D eigenvalue weighted by Gasteiger charge is 2.29. The smallest absolute Gasteiger partial charge is 0.265 e. The van der Waals surface area contributed by atoms with Gasteiger partial charge in [-0.3, -0.25) is 4.79 Å². The lowest BCUT2D eigenvalue weighted by Gasteiger charge is -2.36. The molecule has 0 unspecified atom stereocenters. The van der Waals surface area contributed by atoms with Crippen molar-refractivity contribution in [2.45, 2.75) is 26.7 Å². The summed E-state index contributed by atoms with van der Waals surface area (Å²) in [6.07, 6.45) is 2.13. The number of likely N-dealkylation sites (tertiary alicyclic amines) is 1. The van der Waals surface area contributed by atoms with Gasteiger partial charge in [0.25, 0.3) is 5.91 Å². The molecule has 0 saturated carbocycles. The maximum Gasteiger partial charge on any atom is 0.265 e. The van der Waals surface area contributed by atoms with E-state index < -0.39 is 0 Å². The quantitative estimate of drug-likeness (QED) is 0.800. The summed E-state index contributed by atoms with van der Waals surface area (Å²) in [6.45, 7) is 6.53. The van der Waals surface area contributed by atoms with E-state index >= 15 is 0 Å². The van der Waals surface area contributed by atoms with Crippen LogP contribution >= 0.6 is 11.3 Å². The molecule has 0 bridgehead atoms. The maximum absolute atomic E-state index is 12.5. The zero-order valence-corrected chi connectivity index (χ0v) is 12.3. The van der Waals surface area contributed by atoms with Crippen molar-refractivity contribution in [1.82, 2.24) is 4.90 Å². The number of hydrogen-bond acceptors (Lipinski definition) is 3. The van der Waals surface area contributed by atoms with Gasteiger partial charge in [0.1, 0.15) is 4.88 Å². The second-order valence-electron chi connectivity index (χ2n) is 5.63. The third kappa shape index (κ3) is 3.37. The van der Waals surface area contributed by atoms with E-state index in [9.17, 15) is 4.79 Å². The van der Waals surface area contributed by atoms with Crippen LogP contribution in [-0.4, -0.2) is 30.4 Å². The van der Waals surface area contributed by atoms with E-state index in [1.54, 1.807) is 0 Å². The van der Waals surface area contributed by atoms with Gasteiger partial charge in [-0.15, -0.1) is 11.3 Å². The highest BCUT2D eigenvalue weighted by Crippen LogP contribution is 2.31. The number of nitrogens with zero attached hydrogens (tertiary/aromatic N) is 1. The fourth-order valence-electron chi connectivity index (χ4n) is 2.18. The van der Waals surface area contributed by atoms with Crippen molar-refractivity contribution >= 4 is 17.2 Å². The summed E-state index contributed by atoms with van der Waals surface area (Å²) in [7, 11) is 0. The first-order chi connectivity index (χ1) is 9.03. The van der Waals surface area contributed by atoms with E-state index in [2.05, 4.69) is 25.7 Å². The Hall–Kier alpha value is -1.31. The SMILES string of the molecule is CC1(C)CCN(C(=O)c2sccc2C#CCN)CC1. The van der Waals surface area contributed by atoms with Crippen LogP contribution in [-0.2, 0) is 0 Å². The van der Waals surface area contributed by atoms with E-state index in [0.717, 1.165) is 36.4 Å². The van der Waals surface area contributed by atoms with Crippen molar-refractivity contribution in [3.05, 3.63) is 21.9 Å². The summed E-state index contributed by atoms with van der Waals surface area (Å²) in [4.78, 5) is 15.2. The van der Waals surface area contributed by atoms with Gasteiger partial charge in [0, 0.05) is 18.7 Å². The molecule has 0 spiro atoms. The molecule has 1 amide bonds. The molecule has 0 radical (unpaired) electrons. The molecule has 1 aliphatic rings. The minimum absolute atomic E-state index is 0.117. The molecule has 0 atom stereocenters. The van der Waals surface area contributed by atoms with Crippen LogP contribution in [0.3, 0.4) is 0 Å². The molecule has 19 heavy (non-hydrogen) atoms. The molecule has 3 nitrogen and oxygen atoms in total. The molecular formula is C15H20N2OS. The van der Waals surface area contributed by atoms with Crippen molar-refractivity contribution in [3.63, 3.8) is 0 Å². The Morgan fingerprint density at radius 1 is 1.47 bits per heavy atom. The molecule has 1 aromatic rings. The molecule has 2 rings (SSSR count). The molecule has 102 valence electrons. The summed E-state index contributed by atoms with van der Waals surface area (Å²) < 4.78 is 0. The monoisotopic (exact) mass is 276 g/mol. The average molecular weight is 276 g/mol. The van der Waals surface area contributed by atoms with Gasteiger partial charge in [0.2, 0.25) is 0 Å². The molecule has 1 saturated heterocycles. The highest BCUT2D eigenvalue weighted by molar-refractivity contribution is 7.12. The molecule has 2 heterocycles. The predicted molar refractivity (Wildman–Crippen MR) is 79.2 cm³/mol. The van der Waals surface area contributed by atoms with Gasteiger partial charge in [-0.1, -0.05) is 25.7 Å². The normalized spacial score (nSPS) is 17.7. The zero-order valence-electron chi connectivity index (χ0n) is 11.5. The van der Waals surface area contributed by atoms with Crippen LogP contribution in [0.5, 0.6) is 0 Å². The van der Waals surface area contributed by atoms with Gasteiger partial charge in [-0.25, -0.2) is 0 Å². The molecule has 4 heteroatoms. The number of hydrogen-bond donors (Lipinski definition) is 1. The average Bonchev–Trinajstić information content (AvgIpc) is 2.83. The van der Waals surface area contributed by atoms with E-state index in [0.29, 0.717) is 12.0 Å². The van der Waals surface area contributed by atoms with Crippen molar-refractivity contribution in [2.75, 3.05) is 19.6 Å². The van der Waals surface area contributed by atoms with Crippen LogP contribution in [0.25, 0.3) is 0 Å². The number of nitrogens with two attached hydrogens (primary N) is 1. The third-order valence-corrected chi connectivity index (χ3v) is 4.49. The summed E-state index contributed by atoms with van der Waals surface area (Å²) in [5.41, 5.74) is 6.54. The minimum atomic E-state index is 0.117. The summed E-state index contributed by atoms with van der Waals surface area (Å²) >= 11 is 1.47. The molecular weight excluding hydrogens is 256 g/mol. The van der Waals surface area contributed by atoms with Gasteiger partial charge in [0.15, 0.2) is 0 Å². The number of thiophene rings is 1. The molecule has 1 aliphatic heterocycles. The van der Waals surface area contributed by atoms with Gasteiger partial charge in [0.05, 0.1) is 6.54 Å². The zero-order chi connectivity index (χ0) is 13.9. The first-order valence-electron chi connectivity index (χ1n) is 6.59. The second kappa shape index (κ2) is 5.77. The molecule has 2 N–H and O–H groups in total. The van der Waals surface area contributed by atoms with E-state index in [-0.39, 0.29) is 5.91 Å². The van der Waals surface area contributed by atoms with Gasteiger partial charge in [-0.2, -0.15) is 0 Å². The van der Waals surface area contributed by atoms with Crippen molar-refractivity contribution in [3.8, 4) is 11.8 Å². The van der Waals surface area contributed by atoms with Crippen LogP contribution in [0.4, 0.5) is 0 Å². The fraction of sp³-hybridized carbons (Fsp3) is 0.533. The first-order valence-corrected chi connectivity index (χ1v) is 7.47. The highest BCUT2D eigenvalue weighted by atomic mass is 32.1. The van der Waals surface area contributed by atoms with Crippen LogP contribution in [0, 0.1) is 17.3 Å². The van der Waals surface area contributed by atoms with Crippen molar-refractivity contribution in [1.29, 1.82) is 0 Å². The number of carbonyl (C=O) groups is 1. The molecule has 0 aliphatic carbocycles. The Labute approximate surface area is 118 Å². The largest absolute Gasteiger partial charge is 0.338 e. The van der Waals surface area contributed by atoms with Crippen LogP contribution in [0.2, 0.25) is 0 Å². The molecule has 1 aromatic heterocycles. The van der Waals surface area contributed by atoms with Crippen molar-refractivity contribution < 1.29 is 4.79 Å². The van der Waals surface area contributed by atoms with Gasteiger partial charge >= 0.3 is 0 Å². The number of piperidine rings is 1. The molecule has 0 aromatic carbocycles.